The number of piperidine rings is 3. The van der Waals surface area contributed by atoms with E-state index in [0.29, 0.717) is 11.7 Å². The number of carbonyl (C=O) groups is 1. The SMILES string of the molecule is CC1(C)CC2CCN1C(Cc1ccccc1)C2=O. The predicted molar refractivity (Wildman–Crippen MR) is 72.5 cm³/mol. The molecule has 0 amide bonds. The van der Waals surface area contributed by atoms with Gasteiger partial charge in [0.05, 0.1) is 6.04 Å². The zero-order valence-electron chi connectivity index (χ0n) is 11.2. The van der Waals surface area contributed by atoms with Gasteiger partial charge in [-0.3, -0.25) is 9.69 Å². The van der Waals surface area contributed by atoms with E-state index in [1.807, 2.05) is 6.07 Å². The van der Waals surface area contributed by atoms with Crippen LogP contribution in [0.2, 0.25) is 0 Å². The van der Waals surface area contributed by atoms with Gasteiger partial charge in [-0.2, -0.15) is 0 Å². The molecule has 0 spiro atoms. The summed E-state index contributed by atoms with van der Waals surface area (Å²) in [5.41, 5.74) is 1.47. The van der Waals surface area contributed by atoms with E-state index < -0.39 is 0 Å². The van der Waals surface area contributed by atoms with Crippen LogP contribution in [0.3, 0.4) is 0 Å². The van der Waals surface area contributed by atoms with Crippen molar-refractivity contribution in [3.63, 3.8) is 0 Å². The summed E-state index contributed by atoms with van der Waals surface area (Å²) in [4.78, 5) is 14.9. The topological polar surface area (TPSA) is 20.3 Å². The molecule has 0 aliphatic carbocycles. The number of benzene rings is 1. The molecule has 2 bridgehead atoms. The standard InChI is InChI=1S/C16H21NO/c1-16(2)11-13-8-9-17(16)14(15(13)18)10-12-6-4-3-5-7-12/h3-7,13-14H,8-11H2,1-2H3. The van der Waals surface area contributed by atoms with Crippen LogP contribution in [-0.4, -0.2) is 28.8 Å². The predicted octanol–water partition coefficient (Wildman–Crippen LogP) is 2.67. The second-order valence-electron chi connectivity index (χ2n) is 6.30. The van der Waals surface area contributed by atoms with Crippen molar-refractivity contribution in [2.75, 3.05) is 6.54 Å². The van der Waals surface area contributed by atoms with Gasteiger partial charge < -0.3 is 0 Å². The monoisotopic (exact) mass is 243 g/mol. The van der Waals surface area contributed by atoms with Crippen molar-refractivity contribution in [3.05, 3.63) is 35.9 Å². The Morgan fingerprint density at radius 3 is 2.67 bits per heavy atom. The average Bonchev–Trinajstić information content (AvgIpc) is 2.34. The number of carbonyl (C=O) groups excluding carboxylic acids is 1. The smallest absolute Gasteiger partial charge is 0.153 e. The van der Waals surface area contributed by atoms with Gasteiger partial charge in [0.15, 0.2) is 5.78 Å². The maximum absolute atomic E-state index is 12.4. The summed E-state index contributed by atoms with van der Waals surface area (Å²) in [6, 6.07) is 10.5. The van der Waals surface area contributed by atoms with Gasteiger partial charge >= 0.3 is 0 Å². The van der Waals surface area contributed by atoms with Crippen LogP contribution in [0, 0.1) is 5.92 Å². The first-order valence-electron chi connectivity index (χ1n) is 6.92. The highest BCUT2D eigenvalue weighted by Crippen LogP contribution is 2.40. The highest BCUT2D eigenvalue weighted by atomic mass is 16.1. The lowest BCUT2D eigenvalue weighted by molar-refractivity contribution is -0.146. The van der Waals surface area contributed by atoms with Crippen LogP contribution in [0.4, 0.5) is 0 Å². The van der Waals surface area contributed by atoms with Gasteiger partial charge in [-0.05, 0) is 38.7 Å². The minimum absolute atomic E-state index is 0.106. The molecule has 2 heteroatoms. The fraction of sp³-hybridized carbons (Fsp3) is 0.562. The molecular formula is C16H21NO. The summed E-state index contributed by atoms with van der Waals surface area (Å²) in [5, 5.41) is 0. The highest BCUT2D eigenvalue weighted by Gasteiger charge is 2.49. The second kappa shape index (κ2) is 4.20. The van der Waals surface area contributed by atoms with Gasteiger partial charge in [-0.15, -0.1) is 0 Å². The Balaban J connectivity index is 1.85. The fourth-order valence-electron chi connectivity index (χ4n) is 3.71. The van der Waals surface area contributed by atoms with Crippen molar-refractivity contribution in [2.45, 2.75) is 44.7 Å². The Kier molecular flexibility index (Phi) is 2.78. The Morgan fingerprint density at radius 1 is 1.28 bits per heavy atom. The number of hydrogen-bond donors (Lipinski definition) is 0. The van der Waals surface area contributed by atoms with Gasteiger partial charge in [0.1, 0.15) is 0 Å². The van der Waals surface area contributed by atoms with E-state index in [2.05, 4.69) is 43.0 Å². The van der Waals surface area contributed by atoms with Crippen LogP contribution in [0.15, 0.2) is 30.3 Å². The van der Waals surface area contributed by atoms with E-state index in [4.69, 9.17) is 0 Å². The van der Waals surface area contributed by atoms with Gasteiger partial charge in [-0.1, -0.05) is 30.3 Å². The van der Waals surface area contributed by atoms with Crippen LogP contribution < -0.4 is 0 Å². The molecular weight excluding hydrogens is 222 g/mol. The molecule has 0 N–H and O–H groups in total. The largest absolute Gasteiger partial charge is 0.298 e. The maximum Gasteiger partial charge on any atom is 0.153 e. The number of ketones is 1. The Hall–Kier alpha value is -1.15. The van der Waals surface area contributed by atoms with E-state index in [-0.39, 0.29) is 11.6 Å². The lowest BCUT2D eigenvalue weighted by Crippen LogP contribution is -2.65. The number of rotatable bonds is 2. The molecule has 18 heavy (non-hydrogen) atoms. The van der Waals surface area contributed by atoms with Gasteiger partial charge in [0, 0.05) is 18.0 Å². The first kappa shape index (κ1) is 11.9. The highest BCUT2D eigenvalue weighted by molar-refractivity contribution is 5.88. The second-order valence-corrected chi connectivity index (χ2v) is 6.30. The number of fused-ring (bicyclic) bond motifs is 3. The van der Waals surface area contributed by atoms with Crippen molar-refractivity contribution < 1.29 is 4.79 Å². The van der Waals surface area contributed by atoms with E-state index in [1.165, 1.54) is 5.56 Å². The molecule has 2 nitrogen and oxygen atoms in total. The molecule has 3 unspecified atom stereocenters. The summed E-state index contributed by atoms with van der Waals surface area (Å²) in [6.07, 6.45) is 2.98. The molecule has 0 radical (unpaired) electrons. The molecule has 3 aliphatic heterocycles. The van der Waals surface area contributed by atoms with Gasteiger partial charge in [0.2, 0.25) is 0 Å². The van der Waals surface area contributed by atoms with Crippen LogP contribution in [-0.2, 0) is 11.2 Å². The zero-order valence-corrected chi connectivity index (χ0v) is 11.2. The third kappa shape index (κ3) is 1.89. The summed E-state index contributed by atoms with van der Waals surface area (Å²) in [7, 11) is 0. The zero-order chi connectivity index (χ0) is 12.8. The lowest BCUT2D eigenvalue weighted by Gasteiger charge is -2.54. The molecule has 3 heterocycles. The van der Waals surface area contributed by atoms with E-state index in [0.717, 1.165) is 25.8 Å². The molecule has 3 saturated heterocycles. The van der Waals surface area contributed by atoms with E-state index in [1.54, 1.807) is 0 Å². The van der Waals surface area contributed by atoms with Gasteiger partial charge in [-0.25, -0.2) is 0 Å². The molecule has 96 valence electrons. The minimum atomic E-state index is 0.106. The molecule has 0 saturated carbocycles. The quantitative estimate of drug-likeness (QED) is 0.796. The molecule has 3 atom stereocenters. The molecule has 0 aromatic heterocycles. The lowest BCUT2D eigenvalue weighted by atomic mass is 9.71. The van der Waals surface area contributed by atoms with Crippen LogP contribution in [0.5, 0.6) is 0 Å². The Bertz CT molecular complexity index is 451. The van der Waals surface area contributed by atoms with E-state index >= 15 is 0 Å². The normalized spacial score (nSPS) is 33.7. The first-order valence-corrected chi connectivity index (χ1v) is 6.92. The third-order valence-electron chi connectivity index (χ3n) is 4.62. The maximum atomic E-state index is 12.4. The van der Waals surface area contributed by atoms with Crippen molar-refractivity contribution in [2.24, 2.45) is 5.92 Å². The summed E-state index contributed by atoms with van der Waals surface area (Å²) >= 11 is 0. The molecule has 3 aliphatic rings. The van der Waals surface area contributed by atoms with Crippen molar-refractivity contribution in [1.82, 2.24) is 4.90 Å². The Labute approximate surface area is 109 Å². The van der Waals surface area contributed by atoms with Gasteiger partial charge in [0.25, 0.3) is 0 Å². The van der Waals surface area contributed by atoms with Crippen molar-refractivity contribution >= 4 is 5.78 Å². The summed E-state index contributed by atoms with van der Waals surface area (Å²) < 4.78 is 0. The van der Waals surface area contributed by atoms with Crippen molar-refractivity contribution in [1.29, 1.82) is 0 Å². The summed E-state index contributed by atoms with van der Waals surface area (Å²) in [5.74, 6) is 0.781. The van der Waals surface area contributed by atoms with Crippen molar-refractivity contribution in [3.8, 4) is 0 Å². The van der Waals surface area contributed by atoms with Crippen LogP contribution in [0.25, 0.3) is 0 Å². The van der Waals surface area contributed by atoms with Crippen LogP contribution >= 0.6 is 0 Å². The minimum Gasteiger partial charge on any atom is -0.298 e. The first-order chi connectivity index (χ1) is 8.58. The third-order valence-corrected chi connectivity index (χ3v) is 4.62. The average molecular weight is 243 g/mol. The van der Waals surface area contributed by atoms with Crippen LogP contribution in [0.1, 0.15) is 32.3 Å². The molecule has 1 aromatic rings. The summed E-state index contributed by atoms with van der Waals surface area (Å²) in [6.45, 7) is 5.65. The number of hydrogen-bond acceptors (Lipinski definition) is 2. The number of nitrogens with zero attached hydrogens (tertiary/aromatic N) is 1. The molecule has 4 rings (SSSR count). The van der Waals surface area contributed by atoms with E-state index in [9.17, 15) is 4.79 Å². The molecule has 3 fully saturated rings. The number of Topliss-reactive ketones (excluding diaryl/α,β-unsaturated/α-hetero) is 1. The molecule has 1 aromatic carbocycles. The fourth-order valence-corrected chi connectivity index (χ4v) is 3.71. The Morgan fingerprint density at radius 2 is 2.00 bits per heavy atom.